The maximum Gasteiger partial charge on any atom is 0.323 e. The van der Waals surface area contributed by atoms with Crippen LogP contribution in [-0.4, -0.2) is 54.8 Å². The minimum absolute atomic E-state index is 0.107. The van der Waals surface area contributed by atoms with Crippen molar-refractivity contribution in [3.63, 3.8) is 0 Å². The summed E-state index contributed by atoms with van der Waals surface area (Å²) >= 11 is 6.32. The highest BCUT2D eigenvalue weighted by Gasteiger charge is 2.59. The van der Waals surface area contributed by atoms with E-state index in [4.69, 9.17) is 21.1 Å². The minimum atomic E-state index is -1.42. The summed E-state index contributed by atoms with van der Waals surface area (Å²) in [7, 11) is 2.83. The highest BCUT2D eigenvalue weighted by Crippen LogP contribution is 2.51. The molecule has 4 rings (SSSR count). The molecule has 1 saturated heterocycles. The van der Waals surface area contributed by atoms with Gasteiger partial charge < -0.3 is 19.9 Å². The first-order chi connectivity index (χ1) is 14.3. The van der Waals surface area contributed by atoms with Crippen LogP contribution < -0.4 is 10.1 Å². The quantitative estimate of drug-likeness (QED) is 0.724. The van der Waals surface area contributed by atoms with Gasteiger partial charge in [0.1, 0.15) is 11.8 Å². The standard InChI is InChI=1S/C22H23ClN2O5/c1-12-4-7-19(29-2)16(8-12)22(25-11-14(26)10-18(25)20(27)30-3)15-9-13(23)5-6-17(15)24-21(22)28/h4-9,14,18,26H,10-11H2,1-3H3,(H,24,28)/t14-,18+,22?/m1/s1. The molecule has 0 spiro atoms. The number of aliphatic hydroxyl groups excluding tert-OH is 1. The Hall–Kier alpha value is -2.61. The van der Waals surface area contributed by atoms with E-state index in [1.165, 1.54) is 14.2 Å². The summed E-state index contributed by atoms with van der Waals surface area (Å²) in [5.41, 5.74) is 1.27. The molecule has 0 aliphatic carbocycles. The summed E-state index contributed by atoms with van der Waals surface area (Å²) in [6, 6.07) is 9.88. The number of esters is 1. The number of nitrogens with zero attached hydrogens (tertiary/aromatic N) is 1. The SMILES string of the molecule is COC(=O)[C@@H]1C[C@@H](O)CN1C1(c2cc(C)ccc2OC)C(=O)Nc2ccc(Cl)cc21. The number of hydrogen-bond acceptors (Lipinski definition) is 6. The van der Waals surface area contributed by atoms with Crippen LogP contribution in [0.4, 0.5) is 5.69 Å². The van der Waals surface area contributed by atoms with E-state index in [9.17, 15) is 14.7 Å². The van der Waals surface area contributed by atoms with Crippen molar-refractivity contribution in [3.05, 3.63) is 58.1 Å². The van der Waals surface area contributed by atoms with Crippen LogP contribution in [0.3, 0.4) is 0 Å². The maximum absolute atomic E-state index is 13.7. The van der Waals surface area contributed by atoms with Gasteiger partial charge in [-0.15, -0.1) is 0 Å². The molecule has 158 valence electrons. The van der Waals surface area contributed by atoms with Gasteiger partial charge in [-0.25, -0.2) is 0 Å². The topological polar surface area (TPSA) is 88.1 Å². The number of methoxy groups -OCH3 is 2. The number of nitrogens with one attached hydrogen (secondary N) is 1. The predicted octanol–water partition coefficient (Wildman–Crippen LogP) is 2.46. The fourth-order valence-corrected chi connectivity index (χ4v) is 4.79. The smallest absolute Gasteiger partial charge is 0.323 e. The third kappa shape index (κ3) is 2.96. The number of hydrogen-bond donors (Lipinski definition) is 2. The predicted molar refractivity (Wildman–Crippen MR) is 112 cm³/mol. The van der Waals surface area contributed by atoms with E-state index in [1.54, 1.807) is 29.2 Å². The number of fused-ring (bicyclic) bond motifs is 1. The Bertz CT molecular complexity index is 1030. The van der Waals surface area contributed by atoms with Crippen molar-refractivity contribution in [2.75, 3.05) is 26.1 Å². The first kappa shape index (κ1) is 20.7. The second-order valence-electron chi connectivity index (χ2n) is 7.64. The highest BCUT2D eigenvalue weighted by atomic mass is 35.5. The summed E-state index contributed by atoms with van der Waals surface area (Å²) in [5.74, 6) is -0.360. The van der Waals surface area contributed by atoms with Crippen molar-refractivity contribution in [2.45, 2.75) is 31.0 Å². The van der Waals surface area contributed by atoms with E-state index >= 15 is 0 Å². The number of anilines is 1. The molecule has 2 aromatic carbocycles. The van der Waals surface area contributed by atoms with Crippen LogP contribution in [0, 0.1) is 6.92 Å². The third-order valence-electron chi connectivity index (χ3n) is 5.88. The minimum Gasteiger partial charge on any atom is -0.496 e. The average molecular weight is 431 g/mol. The molecule has 2 aromatic rings. The van der Waals surface area contributed by atoms with Gasteiger partial charge in [-0.05, 0) is 37.3 Å². The molecule has 1 fully saturated rings. The number of β-amino-alcohol motifs (C(OH)–C–C–N with tert-alkyl or cyclic N) is 1. The van der Waals surface area contributed by atoms with E-state index < -0.39 is 23.7 Å². The van der Waals surface area contributed by atoms with Gasteiger partial charge in [0.25, 0.3) is 5.91 Å². The average Bonchev–Trinajstić information content (AvgIpc) is 3.24. The Morgan fingerprint density at radius 2 is 2.00 bits per heavy atom. The second kappa shape index (κ2) is 7.58. The van der Waals surface area contributed by atoms with Crippen molar-refractivity contribution >= 4 is 29.2 Å². The Morgan fingerprint density at radius 1 is 1.23 bits per heavy atom. The molecular weight excluding hydrogens is 408 g/mol. The molecule has 0 radical (unpaired) electrons. The summed E-state index contributed by atoms with van der Waals surface area (Å²) in [5, 5.41) is 13.8. The zero-order valence-corrected chi connectivity index (χ0v) is 17.7. The number of carbonyl (C=O) groups excluding carboxylic acids is 2. The number of ether oxygens (including phenoxy) is 2. The Labute approximate surface area is 179 Å². The lowest BCUT2D eigenvalue weighted by atomic mass is 9.80. The van der Waals surface area contributed by atoms with Crippen LogP contribution in [0.5, 0.6) is 5.75 Å². The Balaban J connectivity index is 2.06. The summed E-state index contributed by atoms with van der Waals surface area (Å²) < 4.78 is 10.6. The number of rotatable bonds is 4. The lowest BCUT2D eigenvalue weighted by Crippen LogP contribution is -2.56. The van der Waals surface area contributed by atoms with Crippen LogP contribution in [0.1, 0.15) is 23.1 Å². The molecule has 3 atom stereocenters. The molecule has 7 nitrogen and oxygen atoms in total. The summed E-state index contributed by atoms with van der Waals surface area (Å²) in [6.07, 6.45) is -0.635. The van der Waals surface area contributed by atoms with Crippen LogP contribution in [0.15, 0.2) is 36.4 Å². The fraction of sp³-hybridized carbons (Fsp3) is 0.364. The molecular formula is C22H23ClN2O5. The van der Waals surface area contributed by atoms with Gasteiger partial charge in [-0.2, -0.15) is 0 Å². The highest BCUT2D eigenvalue weighted by molar-refractivity contribution is 6.31. The number of aryl methyl sites for hydroxylation is 1. The van der Waals surface area contributed by atoms with E-state index in [2.05, 4.69) is 5.32 Å². The van der Waals surface area contributed by atoms with Crippen LogP contribution in [0.25, 0.3) is 0 Å². The number of halogens is 1. The van der Waals surface area contributed by atoms with Crippen LogP contribution >= 0.6 is 11.6 Å². The van der Waals surface area contributed by atoms with E-state index in [0.29, 0.717) is 27.6 Å². The zero-order chi connectivity index (χ0) is 21.6. The fourth-order valence-electron chi connectivity index (χ4n) is 4.62. The molecule has 2 aliphatic heterocycles. The number of amides is 1. The van der Waals surface area contributed by atoms with Gasteiger partial charge >= 0.3 is 5.97 Å². The van der Waals surface area contributed by atoms with Crippen LogP contribution in [-0.2, 0) is 19.9 Å². The number of benzene rings is 2. The molecule has 2 heterocycles. The Morgan fingerprint density at radius 3 is 2.70 bits per heavy atom. The van der Waals surface area contributed by atoms with Gasteiger partial charge in [0, 0.05) is 34.8 Å². The lowest BCUT2D eigenvalue weighted by molar-refractivity contribution is -0.149. The van der Waals surface area contributed by atoms with Crippen LogP contribution in [0.2, 0.25) is 5.02 Å². The van der Waals surface area contributed by atoms with Crippen molar-refractivity contribution in [1.82, 2.24) is 4.90 Å². The third-order valence-corrected chi connectivity index (χ3v) is 6.11. The largest absolute Gasteiger partial charge is 0.496 e. The van der Waals surface area contributed by atoms with Gasteiger partial charge in [-0.3, -0.25) is 14.5 Å². The second-order valence-corrected chi connectivity index (χ2v) is 8.08. The molecule has 0 saturated carbocycles. The lowest BCUT2D eigenvalue weighted by Gasteiger charge is -2.40. The zero-order valence-electron chi connectivity index (χ0n) is 16.9. The monoisotopic (exact) mass is 430 g/mol. The molecule has 1 amide bonds. The van der Waals surface area contributed by atoms with Gasteiger partial charge in [0.2, 0.25) is 0 Å². The molecule has 2 N–H and O–H groups in total. The summed E-state index contributed by atoms with van der Waals surface area (Å²) in [4.78, 5) is 28.1. The van der Waals surface area contributed by atoms with E-state index in [1.807, 2.05) is 19.1 Å². The number of likely N-dealkylation sites (tertiary alicyclic amines) is 1. The Kier molecular flexibility index (Phi) is 5.22. The normalized spacial score (nSPS) is 25.7. The molecule has 1 unspecified atom stereocenters. The van der Waals surface area contributed by atoms with Crippen molar-refractivity contribution in [2.24, 2.45) is 0 Å². The molecule has 2 aliphatic rings. The molecule has 0 bridgehead atoms. The maximum atomic E-state index is 13.7. The number of aliphatic hydroxyl groups is 1. The first-order valence-corrected chi connectivity index (χ1v) is 10.00. The van der Waals surface area contributed by atoms with Crippen molar-refractivity contribution in [3.8, 4) is 5.75 Å². The van der Waals surface area contributed by atoms with E-state index in [0.717, 1.165) is 5.56 Å². The van der Waals surface area contributed by atoms with Gasteiger partial charge in [0.05, 0.1) is 20.3 Å². The first-order valence-electron chi connectivity index (χ1n) is 9.62. The van der Waals surface area contributed by atoms with Crippen molar-refractivity contribution < 1.29 is 24.2 Å². The molecule has 0 aromatic heterocycles. The van der Waals surface area contributed by atoms with E-state index in [-0.39, 0.29) is 18.9 Å². The molecule has 8 heteroatoms. The van der Waals surface area contributed by atoms with Gasteiger partial charge in [0.15, 0.2) is 5.54 Å². The van der Waals surface area contributed by atoms with Gasteiger partial charge in [-0.1, -0.05) is 23.2 Å². The molecule has 30 heavy (non-hydrogen) atoms. The summed E-state index contributed by atoms with van der Waals surface area (Å²) in [6.45, 7) is 2.02. The van der Waals surface area contributed by atoms with Crippen molar-refractivity contribution in [1.29, 1.82) is 0 Å². The number of carbonyl (C=O) groups is 2.